The fraction of sp³-hybridized carbons (Fsp3) is 0.467. The van der Waals surface area contributed by atoms with E-state index in [2.05, 4.69) is 5.32 Å². The number of amides is 1. The van der Waals surface area contributed by atoms with Crippen molar-refractivity contribution in [1.29, 1.82) is 0 Å². The number of halogens is 4. The molecule has 126 valence electrons. The van der Waals surface area contributed by atoms with Crippen LogP contribution >= 0.6 is 0 Å². The van der Waals surface area contributed by atoms with Crippen LogP contribution in [0.25, 0.3) is 0 Å². The topological polar surface area (TPSA) is 66.4 Å². The zero-order valence-electron chi connectivity index (χ0n) is 12.0. The molecular formula is C15H15F4NO3. The summed E-state index contributed by atoms with van der Waals surface area (Å²) in [5, 5.41) is 11.2. The number of alkyl halides is 3. The van der Waals surface area contributed by atoms with E-state index in [1.807, 2.05) is 0 Å². The summed E-state index contributed by atoms with van der Waals surface area (Å²) in [6.45, 7) is 0. The van der Waals surface area contributed by atoms with E-state index in [-0.39, 0.29) is 12.1 Å². The molecule has 0 radical (unpaired) electrons. The summed E-state index contributed by atoms with van der Waals surface area (Å²) < 4.78 is 49.8. The highest BCUT2D eigenvalue weighted by atomic mass is 19.4. The summed E-state index contributed by atoms with van der Waals surface area (Å²) in [4.78, 5) is 22.6. The van der Waals surface area contributed by atoms with Crippen LogP contribution in [0.5, 0.6) is 0 Å². The first-order valence-electron chi connectivity index (χ1n) is 7.00. The second kappa shape index (κ2) is 6.17. The highest BCUT2D eigenvalue weighted by molar-refractivity contribution is 5.91. The molecule has 0 aromatic heterocycles. The van der Waals surface area contributed by atoms with Gasteiger partial charge in [-0.05, 0) is 37.0 Å². The standard InChI is InChI=1S/C15H15F4NO3/c16-10-2-1-9(8-14(5-6-14)13(22)23)7-11(10)20-12(21)3-4-15(17,18)19/h1-2,7H,3-6,8H2,(H,20,21)(H,22,23). The first-order chi connectivity index (χ1) is 10.6. The van der Waals surface area contributed by atoms with Crippen LogP contribution in [0.1, 0.15) is 31.2 Å². The van der Waals surface area contributed by atoms with Crippen molar-refractivity contribution in [2.45, 2.75) is 38.3 Å². The van der Waals surface area contributed by atoms with Crippen molar-refractivity contribution in [2.24, 2.45) is 5.41 Å². The molecule has 1 saturated carbocycles. The zero-order valence-corrected chi connectivity index (χ0v) is 12.0. The maximum absolute atomic E-state index is 13.7. The summed E-state index contributed by atoms with van der Waals surface area (Å²) in [5.74, 6) is -2.66. The molecule has 1 aromatic rings. The van der Waals surface area contributed by atoms with E-state index < -0.39 is 42.1 Å². The molecule has 1 fully saturated rings. The van der Waals surface area contributed by atoms with E-state index in [4.69, 9.17) is 5.11 Å². The van der Waals surface area contributed by atoms with Gasteiger partial charge in [-0.1, -0.05) is 6.07 Å². The number of rotatable bonds is 6. The Bertz CT molecular complexity index is 624. The molecule has 0 aliphatic heterocycles. The van der Waals surface area contributed by atoms with Gasteiger partial charge in [0.1, 0.15) is 5.82 Å². The number of carbonyl (C=O) groups excluding carboxylic acids is 1. The van der Waals surface area contributed by atoms with Gasteiger partial charge in [0.2, 0.25) is 5.91 Å². The number of benzene rings is 1. The van der Waals surface area contributed by atoms with Crippen molar-refractivity contribution >= 4 is 17.6 Å². The predicted octanol–water partition coefficient (Wildman–Crippen LogP) is 3.51. The van der Waals surface area contributed by atoms with Gasteiger partial charge in [0.25, 0.3) is 0 Å². The lowest BCUT2D eigenvalue weighted by atomic mass is 9.96. The lowest BCUT2D eigenvalue weighted by Crippen LogP contribution is -2.19. The maximum Gasteiger partial charge on any atom is 0.389 e. The Morgan fingerprint density at radius 2 is 1.91 bits per heavy atom. The first-order valence-corrected chi connectivity index (χ1v) is 7.00. The van der Waals surface area contributed by atoms with E-state index in [1.54, 1.807) is 0 Å². The van der Waals surface area contributed by atoms with E-state index in [0.29, 0.717) is 18.4 Å². The van der Waals surface area contributed by atoms with Gasteiger partial charge in [-0.15, -0.1) is 0 Å². The number of hydrogen-bond acceptors (Lipinski definition) is 2. The molecule has 1 amide bonds. The van der Waals surface area contributed by atoms with E-state index in [9.17, 15) is 27.2 Å². The predicted molar refractivity (Wildman–Crippen MR) is 73.3 cm³/mol. The van der Waals surface area contributed by atoms with Crippen LogP contribution in [0.15, 0.2) is 18.2 Å². The number of hydrogen-bond donors (Lipinski definition) is 2. The number of carbonyl (C=O) groups is 2. The molecule has 4 nitrogen and oxygen atoms in total. The van der Waals surface area contributed by atoms with Crippen molar-refractivity contribution < 1.29 is 32.3 Å². The van der Waals surface area contributed by atoms with Gasteiger partial charge < -0.3 is 10.4 Å². The second-order valence-electron chi connectivity index (χ2n) is 5.74. The largest absolute Gasteiger partial charge is 0.481 e. The molecule has 0 heterocycles. The summed E-state index contributed by atoms with van der Waals surface area (Å²) in [6.07, 6.45) is -5.32. The first kappa shape index (κ1) is 17.2. The number of aliphatic carboxylic acids is 1. The minimum absolute atomic E-state index is 0.189. The number of carboxylic acid groups (broad SMARTS) is 1. The summed E-state index contributed by atoms with van der Waals surface area (Å²) in [7, 11) is 0. The highest BCUT2D eigenvalue weighted by Crippen LogP contribution is 2.48. The van der Waals surface area contributed by atoms with Crippen LogP contribution < -0.4 is 5.32 Å². The second-order valence-corrected chi connectivity index (χ2v) is 5.74. The number of nitrogens with one attached hydrogen (secondary N) is 1. The molecule has 1 aliphatic carbocycles. The summed E-state index contributed by atoms with van der Waals surface area (Å²) >= 11 is 0. The molecule has 0 unspecified atom stereocenters. The number of anilines is 1. The SMILES string of the molecule is O=C(CCC(F)(F)F)Nc1cc(CC2(C(=O)O)CC2)ccc1F. The molecule has 0 spiro atoms. The van der Waals surface area contributed by atoms with Crippen LogP contribution in [0, 0.1) is 11.2 Å². The van der Waals surface area contributed by atoms with Crippen LogP contribution in [0.2, 0.25) is 0 Å². The Kier molecular flexibility index (Phi) is 4.63. The third-order valence-electron chi connectivity index (χ3n) is 3.79. The highest BCUT2D eigenvalue weighted by Gasteiger charge is 2.50. The Balaban J connectivity index is 2.03. The Morgan fingerprint density at radius 1 is 1.26 bits per heavy atom. The molecule has 0 atom stereocenters. The molecule has 2 N–H and O–H groups in total. The van der Waals surface area contributed by atoms with Crippen molar-refractivity contribution in [1.82, 2.24) is 0 Å². The Hall–Kier alpha value is -2.12. The van der Waals surface area contributed by atoms with Gasteiger partial charge in [0, 0.05) is 6.42 Å². The van der Waals surface area contributed by atoms with Gasteiger partial charge in [-0.3, -0.25) is 9.59 Å². The van der Waals surface area contributed by atoms with Crippen molar-refractivity contribution in [3.05, 3.63) is 29.6 Å². The van der Waals surface area contributed by atoms with E-state index in [1.165, 1.54) is 12.1 Å². The summed E-state index contributed by atoms with van der Waals surface area (Å²) in [5.41, 5.74) is -0.580. The van der Waals surface area contributed by atoms with Crippen molar-refractivity contribution in [3.63, 3.8) is 0 Å². The maximum atomic E-state index is 13.7. The van der Waals surface area contributed by atoms with Crippen LogP contribution in [-0.2, 0) is 16.0 Å². The van der Waals surface area contributed by atoms with Crippen LogP contribution in [0.4, 0.5) is 23.2 Å². The molecule has 23 heavy (non-hydrogen) atoms. The normalized spacial score (nSPS) is 16.0. The third kappa shape index (κ3) is 4.67. The Morgan fingerprint density at radius 3 is 2.43 bits per heavy atom. The average molecular weight is 333 g/mol. The Labute approximate surface area is 129 Å². The monoisotopic (exact) mass is 333 g/mol. The average Bonchev–Trinajstić information content (AvgIpc) is 3.21. The van der Waals surface area contributed by atoms with Gasteiger partial charge in [-0.2, -0.15) is 13.2 Å². The lowest BCUT2D eigenvalue weighted by Gasteiger charge is -2.12. The van der Waals surface area contributed by atoms with Gasteiger partial charge in [0.05, 0.1) is 17.5 Å². The summed E-state index contributed by atoms with van der Waals surface area (Å²) in [6, 6.07) is 3.74. The quantitative estimate of drug-likeness (QED) is 0.783. The fourth-order valence-electron chi connectivity index (χ4n) is 2.25. The molecule has 1 aromatic carbocycles. The lowest BCUT2D eigenvalue weighted by molar-refractivity contribution is -0.143. The van der Waals surface area contributed by atoms with Crippen LogP contribution in [-0.4, -0.2) is 23.2 Å². The van der Waals surface area contributed by atoms with E-state index >= 15 is 0 Å². The zero-order chi connectivity index (χ0) is 17.3. The molecule has 2 rings (SSSR count). The minimum Gasteiger partial charge on any atom is -0.481 e. The van der Waals surface area contributed by atoms with Gasteiger partial charge in [0.15, 0.2) is 0 Å². The molecule has 8 heteroatoms. The smallest absolute Gasteiger partial charge is 0.389 e. The van der Waals surface area contributed by atoms with E-state index in [0.717, 1.165) is 6.07 Å². The van der Waals surface area contributed by atoms with Crippen molar-refractivity contribution in [3.8, 4) is 0 Å². The number of carboxylic acids is 1. The minimum atomic E-state index is -4.46. The van der Waals surface area contributed by atoms with Crippen molar-refractivity contribution in [2.75, 3.05) is 5.32 Å². The molecular weight excluding hydrogens is 318 g/mol. The van der Waals surface area contributed by atoms with Crippen LogP contribution in [0.3, 0.4) is 0 Å². The molecule has 1 aliphatic rings. The van der Waals surface area contributed by atoms with Gasteiger partial charge >= 0.3 is 12.1 Å². The molecule has 0 bridgehead atoms. The van der Waals surface area contributed by atoms with Gasteiger partial charge in [-0.25, -0.2) is 4.39 Å². The fourth-order valence-corrected chi connectivity index (χ4v) is 2.25. The third-order valence-corrected chi connectivity index (χ3v) is 3.79. The molecule has 0 saturated heterocycles.